The summed E-state index contributed by atoms with van der Waals surface area (Å²) in [7, 11) is 0. The summed E-state index contributed by atoms with van der Waals surface area (Å²) in [6.07, 6.45) is -7.95. The first-order valence-electron chi connectivity index (χ1n) is 10.7. The van der Waals surface area contributed by atoms with Crippen molar-refractivity contribution in [2.75, 3.05) is 31.6 Å². The molecule has 9 nitrogen and oxygen atoms in total. The number of nitrogens with zero attached hydrogens (tertiary/aromatic N) is 3. The Morgan fingerprint density at radius 1 is 1.11 bits per heavy atom. The second-order valence-corrected chi connectivity index (χ2v) is 8.99. The van der Waals surface area contributed by atoms with Gasteiger partial charge in [0.15, 0.2) is 0 Å². The van der Waals surface area contributed by atoms with Crippen molar-refractivity contribution in [1.82, 2.24) is 14.9 Å². The molecule has 3 N–H and O–H groups in total. The quantitative estimate of drug-likeness (QED) is 0.472. The summed E-state index contributed by atoms with van der Waals surface area (Å²) in [6, 6.07) is 5.97. The molecule has 2 aliphatic rings. The van der Waals surface area contributed by atoms with E-state index in [1.54, 1.807) is 11.3 Å². The molecule has 2 aromatic rings. The summed E-state index contributed by atoms with van der Waals surface area (Å²) in [5.74, 6) is -3.37. The third kappa shape index (κ3) is 9.77. The van der Waals surface area contributed by atoms with Crippen molar-refractivity contribution in [2.24, 2.45) is 11.8 Å². The second kappa shape index (κ2) is 13.0. The standard InChI is InChI=1S/C17H22N4OS.2C2HF3O2/c1-12-16(23-11-20-12)9-21-7-14-13(10-22-15(14)8-21)6-19-17-4-2-3-5-18-17;2*3-2(4,5)1(6)7/h2-5,11,13-15H,6-10H2,1H3,(H,18,19);2*(H,6,7)/t13-,14+,15+;;/m0../s1. The van der Waals surface area contributed by atoms with Crippen LogP contribution in [0.3, 0.4) is 0 Å². The van der Waals surface area contributed by atoms with E-state index in [4.69, 9.17) is 24.5 Å². The Balaban J connectivity index is 0.000000286. The molecule has 2 fully saturated rings. The van der Waals surface area contributed by atoms with Gasteiger partial charge in [0, 0.05) is 49.1 Å². The highest BCUT2D eigenvalue weighted by molar-refractivity contribution is 7.09. The number of hydrogen-bond donors (Lipinski definition) is 3. The van der Waals surface area contributed by atoms with Gasteiger partial charge < -0.3 is 20.3 Å². The van der Waals surface area contributed by atoms with Crippen LogP contribution in [0.15, 0.2) is 29.9 Å². The van der Waals surface area contributed by atoms with Crippen molar-refractivity contribution in [3.05, 3.63) is 40.5 Å². The van der Waals surface area contributed by atoms with E-state index in [9.17, 15) is 26.3 Å². The third-order valence-electron chi connectivity index (χ3n) is 5.42. The number of aliphatic carboxylic acids is 2. The summed E-state index contributed by atoms with van der Waals surface area (Å²) in [4.78, 5) is 30.4. The van der Waals surface area contributed by atoms with Crippen LogP contribution in [0.1, 0.15) is 10.6 Å². The summed E-state index contributed by atoms with van der Waals surface area (Å²) in [5, 5.41) is 17.7. The minimum Gasteiger partial charge on any atom is -0.475 e. The van der Waals surface area contributed by atoms with E-state index in [0.29, 0.717) is 17.9 Å². The van der Waals surface area contributed by atoms with Crippen molar-refractivity contribution >= 4 is 29.1 Å². The number of hydrogen-bond acceptors (Lipinski definition) is 8. The first-order valence-corrected chi connectivity index (χ1v) is 11.5. The van der Waals surface area contributed by atoms with Crippen molar-refractivity contribution in [2.45, 2.75) is 31.9 Å². The summed E-state index contributed by atoms with van der Waals surface area (Å²) < 4.78 is 69.5. The first kappa shape index (κ1) is 30.2. The number of anilines is 1. The van der Waals surface area contributed by atoms with Crippen LogP contribution < -0.4 is 5.32 Å². The number of carboxylic acids is 2. The topological polar surface area (TPSA) is 125 Å². The number of fused-ring (bicyclic) bond motifs is 1. The lowest BCUT2D eigenvalue weighted by Crippen LogP contribution is -2.27. The number of thiazole rings is 1. The van der Waals surface area contributed by atoms with Gasteiger partial charge >= 0.3 is 24.3 Å². The van der Waals surface area contributed by atoms with E-state index in [-0.39, 0.29) is 0 Å². The zero-order valence-corrected chi connectivity index (χ0v) is 20.1. The number of carboxylic acid groups (broad SMARTS) is 2. The van der Waals surface area contributed by atoms with Gasteiger partial charge in [-0.15, -0.1) is 11.3 Å². The number of halogens is 6. The lowest BCUT2D eigenvalue weighted by molar-refractivity contribution is -0.193. The van der Waals surface area contributed by atoms with Gasteiger partial charge in [0.25, 0.3) is 0 Å². The molecule has 0 saturated carbocycles. The molecule has 2 aromatic heterocycles. The van der Waals surface area contributed by atoms with Crippen molar-refractivity contribution in [1.29, 1.82) is 0 Å². The number of alkyl halides is 6. The maximum absolute atomic E-state index is 10.6. The normalized spacial score (nSPS) is 21.2. The summed E-state index contributed by atoms with van der Waals surface area (Å²) in [6.45, 7) is 7.07. The molecule has 4 heterocycles. The van der Waals surface area contributed by atoms with Crippen LogP contribution in [0.25, 0.3) is 0 Å². The number of ether oxygens (including phenoxy) is 1. The third-order valence-corrected chi connectivity index (χ3v) is 6.34. The van der Waals surface area contributed by atoms with Gasteiger partial charge in [-0.3, -0.25) is 4.90 Å². The number of carbonyl (C=O) groups is 2. The van der Waals surface area contributed by atoms with Gasteiger partial charge in [-0.1, -0.05) is 6.07 Å². The number of pyridine rings is 1. The maximum atomic E-state index is 10.6. The smallest absolute Gasteiger partial charge is 0.475 e. The number of aromatic nitrogens is 2. The Labute approximate surface area is 211 Å². The molecule has 3 atom stereocenters. The highest BCUT2D eigenvalue weighted by Gasteiger charge is 2.43. The molecular weight excluding hydrogens is 534 g/mol. The summed E-state index contributed by atoms with van der Waals surface area (Å²) >= 11 is 1.76. The number of likely N-dealkylation sites (tertiary alicyclic amines) is 1. The fourth-order valence-corrected chi connectivity index (χ4v) is 4.42. The van der Waals surface area contributed by atoms with Crippen LogP contribution >= 0.6 is 11.3 Å². The van der Waals surface area contributed by atoms with Crippen LogP contribution in [0.5, 0.6) is 0 Å². The van der Waals surface area contributed by atoms with Crippen LogP contribution in [0.4, 0.5) is 32.2 Å². The number of aryl methyl sites for hydroxylation is 1. The van der Waals surface area contributed by atoms with E-state index in [1.165, 1.54) is 10.6 Å². The van der Waals surface area contributed by atoms with Gasteiger partial charge in [0.1, 0.15) is 5.82 Å². The Kier molecular flexibility index (Phi) is 10.6. The molecule has 16 heteroatoms. The number of nitrogens with one attached hydrogen (secondary N) is 1. The summed E-state index contributed by atoms with van der Waals surface area (Å²) in [5.41, 5.74) is 3.11. The van der Waals surface area contributed by atoms with Gasteiger partial charge in [-0.2, -0.15) is 26.3 Å². The molecule has 0 aromatic carbocycles. The maximum Gasteiger partial charge on any atom is 0.490 e. The van der Waals surface area contributed by atoms with Gasteiger partial charge in [-0.25, -0.2) is 19.6 Å². The van der Waals surface area contributed by atoms with E-state index in [0.717, 1.165) is 38.6 Å². The molecular formula is C21H24F6N4O5S. The minimum absolute atomic E-state index is 0.388. The van der Waals surface area contributed by atoms with Crippen molar-refractivity contribution in [3.63, 3.8) is 0 Å². The van der Waals surface area contributed by atoms with Crippen molar-refractivity contribution < 1.29 is 50.9 Å². The second-order valence-electron chi connectivity index (χ2n) is 8.05. The Morgan fingerprint density at radius 3 is 2.22 bits per heavy atom. The van der Waals surface area contributed by atoms with Gasteiger partial charge in [-0.05, 0) is 19.1 Å². The monoisotopic (exact) mass is 558 g/mol. The average Bonchev–Trinajstić information content (AvgIpc) is 3.49. The van der Waals surface area contributed by atoms with E-state index in [1.807, 2.05) is 29.9 Å². The Morgan fingerprint density at radius 2 is 1.73 bits per heavy atom. The Hall–Kier alpha value is -2.98. The molecule has 0 bridgehead atoms. The van der Waals surface area contributed by atoms with E-state index in [2.05, 4.69) is 27.1 Å². The van der Waals surface area contributed by atoms with Crippen molar-refractivity contribution in [3.8, 4) is 0 Å². The largest absolute Gasteiger partial charge is 0.490 e. The van der Waals surface area contributed by atoms with Crippen LogP contribution in [-0.2, 0) is 20.9 Å². The first-order chi connectivity index (χ1) is 17.2. The molecule has 0 spiro atoms. The molecule has 37 heavy (non-hydrogen) atoms. The lowest BCUT2D eigenvalue weighted by atomic mass is 9.93. The van der Waals surface area contributed by atoms with Gasteiger partial charge in [0.05, 0.1) is 23.9 Å². The number of rotatable bonds is 5. The van der Waals surface area contributed by atoms with Gasteiger partial charge in [0.2, 0.25) is 0 Å². The molecule has 0 unspecified atom stereocenters. The van der Waals surface area contributed by atoms with Crippen LogP contribution in [-0.4, -0.2) is 81.7 Å². The molecule has 0 radical (unpaired) electrons. The van der Waals surface area contributed by atoms with E-state index < -0.39 is 24.3 Å². The zero-order valence-electron chi connectivity index (χ0n) is 19.3. The minimum atomic E-state index is -5.08. The fraction of sp³-hybridized carbons (Fsp3) is 0.524. The molecule has 206 valence electrons. The predicted molar refractivity (Wildman–Crippen MR) is 119 cm³/mol. The van der Waals surface area contributed by atoms with Crippen LogP contribution in [0, 0.1) is 18.8 Å². The fourth-order valence-electron chi connectivity index (χ4n) is 3.60. The van der Waals surface area contributed by atoms with E-state index >= 15 is 0 Å². The zero-order chi connectivity index (χ0) is 27.8. The highest BCUT2D eigenvalue weighted by Crippen LogP contribution is 2.35. The highest BCUT2D eigenvalue weighted by atomic mass is 32.1. The molecule has 2 saturated heterocycles. The predicted octanol–water partition coefficient (Wildman–Crippen LogP) is 3.67. The Bertz CT molecular complexity index is 997. The average molecular weight is 559 g/mol. The van der Waals surface area contributed by atoms with Crippen LogP contribution in [0.2, 0.25) is 0 Å². The molecule has 0 amide bonds. The molecule has 4 rings (SSSR count). The SMILES string of the molecule is Cc1ncsc1CN1C[C@@H]2[C@@H](CNc3ccccn3)CO[C@@H]2C1.O=C(O)C(F)(F)F.O=C(O)C(F)(F)F. The lowest BCUT2D eigenvalue weighted by Gasteiger charge is -2.19. The molecule has 0 aliphatic carbocycles. The molecule has 2 aliphatic heterocycles.